The molecule has 3 rings (SSSR count). The lowest BCUT2D eigenvalue weighted by Crippen LogP contribution is -2.39. The first-order valence-electron chi connectivity index (χ1n) is 8.75. The summed E-state index contributed by atoms with van der Waals surface area (Å²) in [5.74, 6) is 1.23. The molecule has 7 heteroatoms. The van der Waals surface area contributed by atoms with Crippen molar-refractivity contribution in [2.45, 2.75) is 25.8 Å². The lowest BCUT2D eigenvalue weighted by molar-refractivity contribution is -0.127. The molecule has 2 amide bonds. The number of hydrogen-bond acceptors (Lipinski definition) is 5. The molecule has 1 atom stereocenters. The van der Waals surface area contributed by atoms with Crippen LogP contribution in [0.3, 0.4) is 0 Å². The van der Waals surface area contributed by atoms with E-state index < -0.39 is 0 Å². The van der Waals surface area contributed by atoms with Crippen molar-refractivity contribution in [1.82, 2.24) is 10.2 Å². The highest BCUT2D eigenvalue weighted by Crippen LogP contribution is 2.17. The molecule has 1 fully saturated rings. The number of hydrogen-bond donors (Lipinski definition) is 1. The lowest BCUT2D eigenvalue weighted by Gasteiger charge is -2.21. The summed E-state index contributed by atoms with van der Waals surface area (Å²) in [7, 11) is 1.63. The Morgan fingerprint density at radius 2 is 2.00 bits per heavy atom. The van der Waals surface area contributed by atoms with Crippen LogP contribution in [0.5, 0.6) is 5.75 Å². The Bertz CT molecular complexity index is 698. The molecule has 0 aromatic heterocycles. The quantitative estimate of drug-likeness (QED) is 0.826. The number of rotatable bonds is 6. The molecule has 1 saturated heterocycles. The molecule has 1 N–H and O–H groups in total. The van der Waals surface area contributed by atoms with E-state index in [-0.39, 0.29) is 23.6 Å². The number of allylic oxidation sites excluding steroid dienone is 1. The first-order chi connectivity index (χ1) is 12.6. The van der Waals surface area contributed by atoms with Crippen molar-refractivity contribution in [3.63, 3.8) is 0 Å². The predicted octanol–water partition coefficient (Wildman–Crippen LogP) is 1.23. The van der Waals surface area contributed by atoms with Crippen molar-refractivity contribution >= 4 is 11.8 Å². The Morgan fingerprint density at radius 3 is 2.69 bits per heavy atom. The summed E-state index contributed by atoms with van der Waals surface area (Å²) in [4.78, 5) is 26.3. The maximum Gasteiger partial charge on any atom is 0.290 e. The molecular formula is C19H24N2O5. The minimum absolute atomic E-state index is 0.0512. The van der Waals surface area contributed by atoms with Gasteiger partial charge in [-0.1, -0.05) is 12.1 Å². The molecule has 0 spiro atoms. The Kier molecular flexibility index (Phi) is 5.65. The molecule has 2 aliphatic heterocycles. The zero-order valence-electron chi connectivity index (χ0n) is 15.1. The van der Waals surface area contributed by atoms with Gasteiger partial charge in [0.1, 0.15) is 24.7 Å². The minimum atomic E-state index is -0.322. The number of methoxy groups -OCH3 is 1. The maximum absolute atomic E-state index is 12.3. The molecule has 7 nitrogen and oxygen atoms in total. The van der Waals surface area contributed by atoms with Crippen LogP contribution in [0.15, 0.2) is 35.8 Å². The number of nitrogens with zero attached hydrogens (tertiary/aromatic N) is 1. The molecule has 2 heterocycles. The molecule has 26 heavy (non-hydrogen) atoms. The van der Waals surface area contributed by atoms with Gasteiger partial charge in [0, 0.05) is 19.5 Å². The van der Waals surface area contributed by atoms with Gasteiger partial charge in [-0.05, 0) is 31.0 Å². The highest BCUT2D eigenvalue weighted by atomic mass is 16.6. The number of carbonyl (C=O) groups excluding carboxylic acids is 2. The van der Waals surface area contributed by atoms with E-state index in [0.717, 1.165) is 17.7 Å². The fraction of sp³-hybridized carbons (Fsp3) is 0.474. The summed E-state index contributed by atoms with van der Waals surface area (Å²) in [5.41, 5.74) is 1.14. The van der Waals surface area contributed by atoms with Gasteiger partial charge in [0.2, 0.25) is 11.7 Å². The van der Waals surface area contributed by atoms with Gasteiger partial charge >= 0.3 is 0 Å². The first-order valence-corrected chi connectivity index (χ1v) is 8.75. The highest BCUT2D eigenvalue weighted by molar-refractivity contribution is 5.93. The van der Waals surface area contributed by atoms with E-state index in [1.165, 1.54) is 0 Å². The van der Waals surface area contributed by atoms with Crippen molar-refractivity contribution in [3.8, 4) is 5.75 Å². The fourth-order valence-electron chi connectivity index (χ4n) is 3.12. The molecule has 1 unspecified atom stereocenters. The van der Waals surface area contributed by atoms with E-state index in [2.05, 4.69) is 5.32 Å². The van der Waals surface area contributed by atoms with Gasteiger partial charge in [0.25, 0.3) is 5.91 Å². The van der Waals surface area contributed by atoms with Gasteiger partial charge in [-0.3, -0.25) is 9.59 Å². The van der Waals surface area contributed by atoms with Gasteiger partial charge in [0.15, 0.2) is 0 Å². The zero-order chi connectivity index (χ0) is 18.5. The summed E-state index contributed by atoms with van der Waals surface area (Å²) < 4.78 is 15.8. The van der Waals surface area contributed by atoms with E-state index in [9.17, 15) is 9.59 Å². The standard InChI is InChI=1S/C19H24N2O5/c1-13-18(26-10-9-25-13)19(23)20-15-11-17(22)21(12-15)8-7-14-3-5-16(24-2)6-4-14/h3-6,15H,7-12H2,1-2H3,(H,20,23). The van der Waals surface area contributed by atoms with Gasteiger partial charge in [0.05, 0.1) is 13.2 Å². The van der Waals surface area contributed by atoms with E-state index in [1.54, 1.807) is 18.9 Å². The van der Waals surface area contributed by atoms with E-state index in [4.69, 9.17) is 14.2 Å². The van der Waals surface area contributed by atoms with Crippen LogP contribution in [0.2, 0.25) is 0 Å². The number of amides is 2. The van der Waals surface area contributed by atoms with Crippen molar-refractivity contribution < 1.29 is 23.8 Å². The van der Waals surface area contributed by atoms with E-state index in [1.807, 2.05) is 24.3 Å². The number of benzene rings is 1. The van der Waals surface area contributed by atoms with Crippen LogP contribution in [-0.4, -0.2) is 56.2 Å². The van der Waals surface area contributed by atoms with Crippen LogP contribution in [-0.2, 0) is 25.5 Å². The second kappa shape index (κ2) is 8.12. The van der Waals surface area contributed by atoms with Crippen LogP contribution >= 0.6 is 0 Å². The van der Waals surface area contributed by atoms with Crippen LogP contribution in [0.1, 0.15) is 18.9 Å². The summed E-state index contributed by atoms with van der Waals surface area (Å²) in [5, 5.41) is 2.87. The van der Waals surface area contributed by atoms with Crippen molar-refractivity contribution in [1.29, 1.82) is 0 Å². The summed E-state index contributed by atoms with van der Waals surface area (Å²) >= 11 is 0. The third-order valence-electron chi connectivity index (χ3n) is 4.55. The Hall–Kier alpha value is -2.70. The van der Waals surface area contributed by atoms with Crippen LogP contribution in [0.4, 0.5) is 0 Å². The lowest BCUT2D eigenvalue weighted by atomic mass is 10.1. The van der Waals surface area contributed by atoms with Crippen molar-refractivity contribution in [2.75, 3.05) is 33.4 Å². The third-order valence-corrected chi connectivity index (χ3v) is 4.55. The van der Waals surface area contributed by atoms with Crippen LogP contribution < -0.4 is 10.1 Å². The normalized spacial score (nSPS) is 19.8. The molecule has 0 saturated carbocycles. The second-order valence-electron chi connectivity index (χ2n) is 6.39. The Balaban J connectivity index is 1.50. The zero-order valence-corrected chi connectivity index (χ0v) is 15.1. The SMILES string of the molecule is COc1ccc(CCN2CC(NC(=O)C3=C(C)OCCO3)CC2=O)cc1. The molecule has 1 aromatic rings. The topological polar surface area (TPSA) is 77.1 Å². The van der Waals surface area contributed by atoms with Gasteiger partial charge < -0.3 is 24.4 Å². The monoisotopic (exact) mass is 360 g/mol. The second-order valence-corrected chi connectivity index (χ2v) is 6.39. The molecule has 1 aromatic carbocycles. The summed E-state index contributed by atoms with van der Waals surface area (Å²) in [6.07, 6.45) is 1.07. The average Bonchev–Trinajstić information content (AvgIpc) is 2.99. The third kappa shape index (κ3) is 4.28. The number of ether oxygens (including phenoxy) is 3. The first kappa shape index (κ1) is 18.1. The predicted molar refractivity (Wildman–Crippen MR) is 94.4 cm³/mol. The van der Waals surface area contributed by atoms with Gasteiger partial charge in [-0.15, -0.1) is 0 Å². The highest BCUT2D eigenvalue weighted by Gasteiger charge is 2.32. The maximum atomic E-state index is 12.3. The summed E-state index contributed by atoms with van der Waals surface area (Å²) in [6.45, 7) is 3.64. The smallest absolute Gasteiger partial charge is 0.290 e. The van der Waals surface area contributed by atoms with E-state index in [0.29, 0.717) is 38.5 Å². The average molecular weight is 360 g/mol. The molecule has 0 bridgehead atoms. The fourth-order valence-corrected chi connectivity index (χ4v) is 3.12. The molecular weight excluding hydrogens is 336 g/mol. The molecule has 2 aliphatic rings. The largest absolute Gasteiger partial charge is 0.497 e. The Morgan fingerprint density at radius 1 is 1.27 bits per heavy atom. The van der Waals surface area contributed by atoms with Crippen LogP contribution in [0.25, 0.3) is 0 Å². The van der Waals surface area contributed by atoms with Crippen molar-refractivity contribution in [3.05, 3.63) is 41.3 Å². The number of nitrogens with one attached hydrogen (secondary N) is 1. The van der Waals surface area contributed by atoms with Crippen LogP contribution in [0, 0.1) is 0 Å². The molecule has 140 valence electrons. The number of likely N-dealkylation sites (tertiary alicyclic amines) is 1. The van der Waals surface area contributed by atoms with Gasteiger partial charge in [-0.25, -0.2) is 0 Å². The molecule has 0 aliphatic carbocycles. The van der Waals surface area contributed by atoms with Gasteiger partial charge in [-0.2, -0.15) is 0 Å². The molecule has 0 radical (unpaired) electrons. The summed E-state index contributed by atoms with van der Waals surface area (Å²) in [6, 6.07) is 7.60. The van der Waals surface area contributed by atoms with E-state index >= 15 is 0 Å². The number of carbonyl (C=O) groups is 2. The minimum Gasteiger partial charge on any atom is -0.497 e. The Labute approximate surface area is 152 Å². The van der Waals surface area contributed by atoms with Crippen molar-refractivity contribution in [2.24, 2.45) is 0 Å².